The first-order valence-electron chi connectivity index (χ1n) is 5.15. The highest BCUT2D eigenvalue weighted by Gasteiger charge is 2.31. The van der Waals surface area contributed by atoms with E-state index in [0.717, 1.165) is 6.07 Å². The first kappa shape index (κ1) is 13.8. The number of hydrogen-bond donors (Lipinski definition) is 2. The van der Waals surface area contributed by atoms with Crippen LogP contribution in [0.2, 0.25) is 0 Å². The van der Waals surface area contributed by atoms with Gasteiger partial charge in [0, 0.05) is 18.1 Å². The molecule has 1 aliphatic heterocycles. The van der Waals surface area contributed by atoms with Crippen LogP contribution in [0.25, 0.3) is 0 Å². The fourth-order valence-electron chi connectivity index (χ4n) is 1.80. The van der Waals surface area contributed by atoms with Crippen molar-refractivity contribution in [3.05, 3.63) is 29.3 Å². The molecule has 0 spiro atoms. The molecule has 0 aliphatic carbocycles. The Morgan fingerprint density at radius 1 is 1.42 bits per heavy atom. The number of nitrogens with one attached hydrogen (secondary N) is 1. The minimum Gasteiger partial charge on any atom is -0.375 e. The lowest BCUT2D eigenvalue weighted by molar-refractivity contribution is 0.546. The summed E-state index contributed by atoms with van der Waals surface area (Å²) in [4.78, 5) is -0.538. The van der Waals surface area contributed by atoms with Gasteiger partial charge in [0.2, 0.25) is 0 Å². The summed E-state index contributed by atoms with van der Waals surface area (Å²) < 4.78 is 50.5. The molecule has 9 heteroatoms. The highest BCUT2D eigenvalue weighted by molar-refractivity contribution is 7.91. The lowest BCUT2D eigenvalue weighted by atomic mass is 10.1. The lowest BCUT2D eigenvalue weighted by Crippen LogP contribution is -2.29. The third kappa shape index (κ3) is 2.71. The summed E-state index contributed by atoms with van der Waals surface area (Å²) in [6.45, 7) is 0. The number of rotatable bonds is 1. The van der Waals surface area contributed by atoms with Crippen molar-refractivity contribution in [3.8, 4) is 0 Å². The van der Waals surface area contributed by atoms with Crippen LogP contribution in [0.3, 0.4) is 0 Å². The summed E-state index contributed by atoms with van der Waals surface area (Å²) in [5.74, 6) is -2.31. The molecule has 2 rings (SSSR count). The number of halogens is 2. The van der Waals surface area contributed by atoms with Crippen LogP contribution in [0, 0.1) is 11.6 Å². The fourth-order valence-corrected chi connectivity index (χ4v) is 3.38. The number of sulfone groups is 1. The second-order valence-electron chi connectivity index (χ2n) is 3.87. The van der Waals surface area contributed by atoms with E-state index >= 15 is 0 Å². The zero-order valence-corrected chi connectivity index (χ0v) is 11.1. The van der Waals surface area contributed by atoms with E-state index in [0.29, 0.717) is 6.07 Å². The summed E-state index contributed by atoms with van der Waals surface area (Å²) in [5, 5.41) is 3.65. The van der Waals surface area contributed by atoms with Gasteiger partial charge < -0.3 is 5.73 Å². The molecule has 0 aromatic heterocycles. The Morgan fingerprint density at radius 3 is 2.74 bits per heavy atom. The first-order chi connectivity index (χ1) is 8.81. The molecule has 0 radical (unpaired) electrons. The molecule has 5 nitrogen and oxygen atoms in total. The van der Waals surface area contributed by atoms with E-state index in [1.807, 2.05) is 0 Å². The summed E-state index contributed by atoms with van der Waals surface area (Å²) in [5.41, 5.74) is 7.56. The second-order valence-corrected chi connectivity index (χ2v) is 6.35. The molecule has 0 amide bonds. The molecule has 0 atom stereocenters. The van der Waals surface area contributed by atoms with Crippen LogP contribution in [0.5, 0.6) is 0 Å². The maximum absolute atomic E-state index is 13.7. The minimum absolute atomic E-state index is 0.0217. The molecule has 19 heavy (non-hydrogen) atoms. The highest BCUT2D eigenvalue weighted by Crippen LogP contribution is 2.28. The summed E-state index contributed by atoms with van der Waals surface area (Å²) >= 11 is 4.55. The number of thiocarbonyl (C=S) groups is 1. The minimum atomic E-state index is -3.78. The predicted octanol–water partition coefficient (Wildman–Crippen LogP) is 0.680. The zero-order chi connectivity index (χ0) is 14.2. The van der Waals surface area contributed by atoms with Crippen molar-refractivity contribution in [1.82, 2.24) is 5.43 Å². The Bertz CT molecular complexity index is 686. The average molecular weight is 305 g/mol. The Kier molecular flexibility index (Phi) is 3.50. The van der Waals surface area contributed by atoms with Gasteiger partial charge in [-0.3, -0.25) is 5.43 Å². The van der Waals surface area contributed by atoms with Crippen molar-refractivity contribution in [3.63, 3.8) is 0 Å². The molecule has 0 fully saturated rings. The summed E-state index contributed by atoms with van der Waals surface area (Å²) in [6.07, 6.45) is 0.0217. The molecule has 0 unspecified atom stereocenters. The Morgan fingerprint density at radius 2 is 2.11 bits per heavy atom. The number of benzene rings is 1. The van der Waals surface area contributed by atoms with Gasteiger partial charge >= 0.3 is 0 Å². The van der Waals surface area contributed by atoms with Gasteiger partial charge in [-0.15, -0.1) is 0 Å². The molecular weight excluding hydrogens is 296 g/mol. The fraction of sp³-hybridized carbons (Fsp3) is 0.200. The maximum Gasteiger partial charge on any atom is 0.184 e. The molecule has 1 heterocycles. The Balaban J connectivity index is 2.64. The molecule has 3 N–H and O–H groups in total. The van der Waals surface area contributed by atoms with Crippen LogP contribution >= 0.6 is 12.2 Å². The van der Waals surface area contributed by atoms with E-state index < -0.39 is 26.4 Å². The van der Waals surface area contributed by atoms with Crippen LogP contribution in [-0.4, -0.2) is 25.0 Å². The van der Waals surface area contributed by atoms with E-state index in [1.165, 1.54) is 0 Å². The number of hydrazone groups is 1. The molecule has 0 bridgehead atoms. The van der Waals surface area contributed by atoms with Crippen LogP contribution in [-0.2, 0) is 9.84 Å². The largest absolute Gasteiger partial charge is 0.375 e. The monoisotopic (exact) mass is 305 g/mol. The van der Waals surface area contributed by atoms with Crippen molar-refractivity contribution < 1.29 is 17.2 Å². The maximum atomic E-state index is 13.7. The number of nitrogens with two attached hydrogens (primary N) is 1. The van der Waals surface area contributed by atoms with Crippen molar-refractivity contribution in [1.29, 1.82) is 0 Å². The lowest BCUT2D eigenvalue weighted by Gasteiger charge is -2.18. The van der Waals surface area contributed by atoms with Crippen molar-refractivity contribution in [2.45, 2.75) is 11.3 Å². The van der Waals surface area contributed by atoms with Gasteiger partial charge in [0.15, 0.2) is 14.9 Å². The second kappa shape index (κ2) is 4.82. The van der Waals surface area contributed by atoms with Crippen molar-refractivity contribution in [2.24, 2.45) is 10.8 Å². The molecule has 0 saturated carbocycles. The van der Waals surface area contributed by atoms with E-state index in [2.05, 4.69) is 22.7 Å². The molecule has 1 aromatic carbocycles. The standard InChI is InChI=1S/C10H9F2N3O2S2/c11-5-3-6-8(14-15-10(13)18)1-2-19(16,17)9(6)7(12)4-5/h3-4H,1-2H2,(H3,13,15,18)/b14-8+. The van der Waals surface area contributed by atoms with Gasteiger partial charge in [-0.25, -0.2) is 17.2 Å². The SMILES string of the molecule is NC(=S)N/N=C1\CCS(=O)(=O)c2c(F)cc(F)cc21. The molecule has 0 saturated heterocycles. The summed E-state index contributed by atoms with van der Waals surface area (Å²) in [7, 11) is -3.78. The predicted molar refractivity (Wildman–Crippen MR) is 69.5 cm³/mol. The van der Waals surface area contributed by atoms with Gasteiger partial charge in [-0.2, -0.15) is 5.10 Å². The van der Waals surface area contributed by atoms with Crippen molar-refractivity contribution >= 4 is 32.9 Å². The van der Waals surface area contributed by atoms with Gasteiger partial charge in [-0.1, -0.05) is 0 Å². The third-order valence-electron chi connectivity index (χ3n) is 2.54. The van der Waals surface area contributed by atoms with E-state index in [-0.39, 0.29) is 28.6 Å². The average Bonchev–Trinajstić information content (AvgIpc) is 2.25. The normalized spacial score (nSPS) is 18.9. The van der Waals surface area contributed by atoms with Gasteiger partial charge in [0.1, 0.15) is 16.5 Å². The number of hydrogen-bond acceptors (Lipinski definition) is 4. The molecule has 102 valence electrons. The van der Waals surface area contributed by atoms with Gasteiger partial charge in [-0.05, 0) is 18.3 Å². The van der Waals surface area contributed by atoms with Crippen LogP contribution < -0.4 is 11.2 Å². The van der Waals surface area contributed by atoms with E-state index in [1.54, 1.807) is 0 Å². The Hall–Kier alpha value is -1.61. The highest BCUT2D eigenvalue weighted by atomic mass is 32.2. The van der Waals surface area contributed by atoms with Crippen LogP contribution in [0.1, 0.15) is 12.0 Å². The zero-order valence-electron chi connectivity index (χ0n) is 9.48. The summed E-state index contributed by atoms with van der Waals surface area (Å²) in [6, 6.07) is 1.45. The molecule has 1 aromatic rings. The number of fused-ring (bicyclic) bond motifs is 1. The first-order valence-corrected chi connectivity index (χ1v) is 7.21. The smallest absolute Gasteiger partial charge is 0.184 e. The molecule has 1 aliphatic rings. The van der Waals surface area contributed by atoms with Crippen molar-refractivity contribution in [2.75, 3.05) is 5.75 Å². The van der Waals surface area contributed by atoms with Gasteiger partial charge in [0.05, 0.1) is 11.5 Å². The third-order valence-corrected chi connectivity index (χ3v) is 4.41. The topological polar surface area (TPSA) is 84.5 Å². The molecular formula is C10H9F2N3O2S2. The van der Waals surface area contributed by atoms with Gasteiger partial charge in [0.25, 0.3) is 0 Å². The van der Waals surface area contributed by atoms with Crippen LogP contribution in [0.4, 0.5) is 8.78 Å². The van der Waals surface area contributed by atoms with E-state index in [4.69, 9.17) is 5.73 Å². The quantitative estimate of drug-likeness (QED) is 0.453. The van der Waals surface area contributed by atoms with Crippen LogP contribution in [0.15, 0.2) is 22.1 Å². The van der Waals surface area contributed by atoms with E-state index in [9.17, 15) is 17.2 Å². The Labute approximate surface area is 113 Å². The number of nitrogens with zero attached hydrogens (tertiary/aromatic N) is 1.